The maximum Gasteiger partial charge on any atom is 0.190 e. The summed E-state index contributed by atoms with van der Waals surface area (Å²) in [5.74, 6) is 0.889. The number of nitrogens with zero attached hydrogens (tertiary/aromatic N) is 2. The number of aromatic nitrogens is 2. The van der Waals surface area contributed by atoms with Crippen molar-refractivity contribution in [3.8, 4) is 0 Å². The molecule has 1 aromatic heterocycles. The molecular formula is C10H17N3S2. The Kier molecular flexibility index (Phi) is 5.25. The van der Waals surface area contributed by atoms with Gasteiger partial charge in [-0.15, -0.1) is 11.8 Å². The fourth-order valence-corrected chi connectivity index (χ4v) is 2.31. The summed E-state index contributed by atoms with van der Waals surface area (Å²) in [5.41, 5.74) is 0. The van der Waals surface area contributed by atoms with E-state index in [2.05, 4.69) is 29.1 Å². The molecule has 0 aliphatic rings. The van der Waals surface area contributed by atoms with Gasteiger partial charge in [0.25, 0.3) is 0 Å². The first-order chi connectivity index (χ1) is 7.19. The molecule has 1 aromatic rings. The van der Waals surface area contributed by atoms with Crippen LogP contribution in [0.25, 0.3) is 0 Å². The predicted molar refractivity (Wildman–Crippen MR) is 69.0 cm³/mol. The van der Waals surface area contributed by atoms with Gasteiger partial charge in [0.2, 0.25) is 0 Å². The van der Waals surface area contributed by atoms with Gasteiger partial charge in [-0.05, 0) is 12.7 Å². The standard InChI is InChI=1S/C10H17N3S2/c1-5-7(2)15-9-6-8(11-3)12-10(13-9)14-4/h6-7H,5H2,1-4H3,(H,11,12,13). The number of anilines is 1. The largest absolute Gasteiger partial charge is 0.373 e. The van der Waals surface area contributed by atoms with Crippen LogP contribution in [-0.2, 0) is 0 Å². The highest BCUT2D eigenvalue weighted by molar-refractivity contribution is 8.00. The average Bonchev–Trinajstić information content (AvgIpc) is 2.28. The molecule has 0 bridgehead atoms. The summed E-state index contributed by atoms with van der Waals surface area (Å²) in [6.45, 7) is 4.40. The Balaban J connectivity index is 2.86. The van der Waals surface area contributed by atoms with Crippen molar-refractivity contribution in [2.75, 3.05) is 18.6 Å². The SMILES string of the molecule is CCC(C)Sc1cc(NC)nc(SC)n1. The van der Waals surface area contributed by atoms with Crippen LogP contribution in [0.3, 0.4) is 0 Å². The molecule has 0 fully saturated rings. The van der Waals surface area contributed by atoms with E-state index in [0.717, 1.165) is 22.4 Å². The quantitative estimate of drug-likeness (QED) is 0.488. The van der Waals surface area contributed by atoms with Gasteiger partial charge in [0.05, 0.1) is 0 Å². The fraction of sp³-hybridized carbons (Fsp3) is 0.600. The van der Waals surface area contributed by atoms with Gasteiger partial charge in [0.15, 0.2) is 5.16 Å². The number of hydrogen-bond acceptors (Lipinski definition) is 5. The lowest BCUT2D eigenvalue weighted by Crippen LogP contribution is -1.99. The molecule has 3 nitrogen and oxygen atoms in total. The van der Waals surface area contributed by atoms with Crippen LogP contribution in [0.4, 0.5) is 5.82 Å². The summed E-state index contributed by atoms with van der Waals surface area (Å²) >= 11 is 3.37. The highest BCUT2D eigenvalue weighted by atomic mass is 32.2. The summed E-state index contributed by atoms with van der Waals surface area (Å²) in [6, 6.07) is 2.00. The molecule has 0 saturated heterocycles. The lowest BCUT2D eigenvalue weighted by molar-refractivity contribution is 0.871. The number of thioether (sulfide) groups is 2. The Hall–Kier alpha value is -0.420. The van der Waals surface area contributed by atoms with E-state index in [4.69, 9.17) is 0 Å². The maximum atomic E-state index is 4.46. The van der Waals surface area contributed by atoms with E-state index in [-0.39, 0.29) is 0 Å². The smallest absolute Gasteiger partial charge is 0.190 e. The van der Waals surface area contributed by atoms with Crippen molar-refractivity contribution in [3.05, 3.63) is 6.07 Å². The van der Waals surface area contributed by atoms with E-state index < -0.39 is 0 Å². The van der Waals surface area contributed by atoms with E-state index in [9.17, 15) is 0 Å². The van der Waals surface area contributed by atoms with Crippen LogP contribution in [0.15, 0.2) is 16.2 Å². The van der Waals surface area contributed by atoms with E-state index in [1.54, 1.807) is 23.5 Å². The molecule has 1 unspecified atom stereocenters. The second kappa shape index (κ2) is 6.23. The van der Waals surface area contributed by atoms with Gasteiger partial charge in [-0.25, -0.2) is 9.97 Å². The molecule has 1 N–H and O–H groups in total. The van der Waals surface area contributed by atoms with Crippen LogP contribution < -0.4 is 5.32 Å². The fourth-order valence-electron chi connectivity index (χ4n) is 0.973. The first-order valence-electron chi connectivity index (χ1n) is 4.97. The zero-order valence-electron chi connectivity index (χ0n) is 9.57. The first kappa shape index (κ1) is 12.6. The minimum absolute atomic E-state index is 0.597. The molecule has 1 heterocycles. The van der Waals surface area contributed by atoms with Crippen molar-refractivity contribution >= 4 is 29.3 Å². The van der Waals surface area contributed by atoms with E-state index in [0.29, 0.717) is 5.25 Å². The monoisotopic (exact) mass is 243 g/mol. The molecule has 0 aliphatic heterocycles. The van der Waals surface area contributed by atoms with Crippen molar-refractivity contribution in [1.82, 2.24) is 9.97 Å². The normalized spacial score (nSPS) is 12.5. The number of hydrogen-bond donors (Lipinski definition) is 1. The molecule has 0 saturated carbocycles. The molecule has 0 radical (unpaired) electrons. The van der Waals surface area contributed by atoms with Crippen LogP contribution in [0, 0.1) is 0 Å². The van der Waals surface area contributed by atoms with Crippen LogP contribution in [0.5, 0.6) is 0 Å². The molecule has 0 spiro atoms. The van der Waals surface area contributed by atoms with Crippen molar-refractivity contribution < 1.29 is 0 Å². The van der Waals surface area contributed by atoms with Crippen LogP contribution >= 0.6 is 23.5 Å². The minimum Gasteiger partial charge on any atom is -0.373 e. The van der Waals surface area contributed by atoms with Gasteiger partial charge in [-0.3, -0.25) is 0 Å². The van der Waals surface area contributed by atoms with Crippen molar-refractivity contribution in [3.63, 3.8) is 0 Å². The Morgan fingerprint density at radius 1 is 1.47 bits per heavy atom. The van der Waals surface area contributed by atoms with Gasteiger partial charge < -0.3 is 5.32 Å². The highest BCUT2D eigenvalue weighted by Crippen LogP contribution is 2.26. The maximum absolute atomic E-state index is 4.46. The van der Waals surface area contributed by atoms with E-state index in [1.165, 1.54) is 0 Å². The van der Waals surface area contributed by atoms with Crippen molar-refractivity contribution in [2.24, 2.45) is 0 Å². The van der Waals surface area contributed by atoms with E-state index >= 15 is 0 Å². The summed E-state index contributed by atoms with van der Waals surface area (Å²) in [7, 11) is 1.88. The first-order valence-corrected chi connectivity index (χ1v) is 7.07. The molecule has 0 aliphatic carbocycles. The van der Waals surface area contributed by atoms with Crippen LogP contribution in [0.2, 0.25) is 0 Å². The molecular weight excluding hydrogens is 226 g/mol. The van der Waals surface area contributed by atoms with Crippen LogP contribution in [-0.4, -0.2) is 28.5 Å². The van der Waals surface area contributed by atoms with Crippen LogP contribution in [0.1, 0.15) is 20.3 Å². The van der Waals surface area contributed by atoms with Crippen molar-refractivity contribution in [1.29, 1.82) is 0 Å². The average molecular weight is 243 g/mol. The summed E-state index contributed by atoms with van der Waals surface area (Å²) in [6.07, 6.45) is 3.14. The highest BCUT2D eigenvalue weighted by Gasteiger charge is 2.07. The lowest BCUT2D eigenvalue weighted by atomic mass is 10.4. The van der Waals surface area contributed by atoms with Gasteiger partial charge in [0, 0.05) is 18.4 Å². The summed E-state index contributed by atoms with van der Waals surface area (Å²) in [5, 5.41) is 5.53. The molecule has 15 heavy (non-hydrogen) atoms. The summed E-state index contributed by atoms with van der Waals surface area (Å²) in [4.78, 5) is 8.79. The third-order valence-corrected chi connectivity index (χ3v) is 3.75. The van der Waals surface area contributed by atoms with Gasteiger partial charge in [-0.2, -0.15) is 0 Å². The minimum atomic E-state index is 0.597. The lowest BCUT2D eigenvalue weighted by Gasteiger charge is -2.09. The Morgan fingerprint density at radius 2 is 2.20 bits per heavy atom. The Morgan fingerprint density at radius 3 is 2.73 bits per heavy atom. The molecule has 0 amide bonds. The third kappa shape index (κ3) is 3.91. The number of rotatable bonds is 5. The number of nitrogens with one attached hydrogen (secondary N) is 1. The summed E-state index contributed by atoms with van der Waals surface area (Å²) < 4.78 is 0. The Labute approximate surface area is 99.9 Å². The zero-order chi connectivity index (χ0) is 11.3. The second-order valence-electron chi connectivity index (χ2n) is 3.16. The molecule has 1 rings (SSSR count). The Bertz CT molecular complexity index is 295. The third-order valence-electron chi connectivity index (χ3n) is 2.02. The topological polar surface area (TPSA) is 37.8 Å². The second-order valence-corrected chi connectivity index (χ2v) is 5.40. The molecule has 0 aromatic carbocycles. The van der Waals surface area contributed by atoms with Crippen molar-refractivity contribution in [2.45, 2.75) is 35.7 Å². The molecule has 1 atom stereocenters. The van der Waals surface area contributed by atoms with Gasteiger partial charge >= 0.3 is 0 Å². The van der Waals surface area contributed by atoms with Gasteiger partial charge in [0.1, 0.15) is 10.8 Å². The predicted octanol–water partition coefficient (Wildman–Crippen LogP) is 3.13. The zero-order valence-corrected chi connectivity index (χ0v) is 11.2. The van der Waals surface area contributed by atoms with E-state index in [1.807, 2.05) is 19.4 Å². The molecule has 84 valence electrons. The van der Waals surface area contributed by atoms with Gasteiger partial charge in [-0.1, -0.05) is 25.6 Å². The molecule has 5 heteroatoms.